The van der Waals surface area contributed by atoms with Crippen LogP contribution in [0.1, 0.15) is 102 Å². The van der Waals surface area contributed by atoms with Crippen molar-refractivity contribution in [2.45, 2.75) is 125 Å². The first kappa shape index (κ1) is 23.9. The van der Waals surface area contributed by atoms with Gasteiger partial charge in [-0.05, 0) is 72.6 Å². The SMILES string of the molecule is CC(C)CC(C)(C)OC(C)(C)CC(C)(C)OC(C)(N)CC(C)(C)C. The van der Waals surface area contributed by atoms with E-state index in [1.54, 1.807) is 0 Å². The van der Waals surface area contributed by atoms with Crippen LogP contribution in [0.4, 0.5) is 0 Å². The van der Waals surface area contributed by atoms with Gasteiger partial charge in [0.1, 0.15) is 5.72 Å². The van der Waals surface area contributed by atoms with Gasteiger partial charge in [0.15, 0.2) is 0 Å². The Hall–Kier alpha value is -0.120. The van der Waals surface area contributed by atoms with Crippen LogP contribution in [0, 0.1) is 11.3 Å². The molecule has 0 aliphatic carbocycles. The van der Waals surface area contributed by atoms with E-state index in [2.05, 4.69) is 76.2 Å². The van der Waals surface area contributed by atoms with Crippen molar-refractivity contribution >= 4 is 0 Å². The standard InChI is InChI=1S/C21H45NO2/c1-16(2)13-18(6,7)23-19(8,9)15-20(10,11)24-21(12,22)14-17(3,4)5/h16H,13-15,22H2,1-12H3. The third kappa shape index (κ3) is 11.4. The van der Waals surface area contributed by atoms with Crippen molar-refractivity contribution in [2.24, 2.45) is 17.1 Å². The zero-order valence-corrected chi connectivity index (χ0v) is 18.6. The van der Waals surface area contributed by atoms with Crippen LogP contribution < -0.4 is 5.73 Å². The van der Waals surface area contributed by atoms with Gasteiger partial charge < -0.3 is 15.2 Å². The molecule has 0 fully saturated rings. The number of hydrogen-bond acceptors (Lipinski definition) is 3. The van der Waals surface area contributed by atoms with E-state index in [-0.39, 0.29) is 22.2 Å². The molecule has 0 aromatic rings. The zero-order chi connectivity index (χ0) is 19.6. The first-order valence-corrected chi connectivity index (χ1v) is 9.44. The Bertz CT molecular complexity index is 387. The molecule has 3 nitrogen and oxygen atoms in total. The number of hydrogen-bond donors (Lipinski definition) is 1. The molecule has 1 atom stereocenters. The first-order chi connectivity index (χ1) is 10.2. The molecule has 2 N–H and O–H groups in total. The summed E-state index contributed by atoms with van der Waals surface area (Å²) in [6.07, 6.45) is 2.64. The van der Waals surface area contributed by atoms with Gasteiger partial charge in [0.25, 0.3) is 0 Å². The molecular weight excluding hydrogens is 298 g/mol. The fourth-order valence-electron chi connectivity index (χ4n) is 4.59. The van der Waals surface area contributed by atoms with Crippen molar-refractivity contribution in [1.82, 2.24) is 0 Å². The molecule has 1 unspecified atom stereocenters. The summed E-state index contributed by atoms with van der Waals surface area (Å²) in [4.78, 5) is 0. The largest absolute Gasteiger partial charge is 0.370 e. The van der Waals surface area contributed by atoms with E-state index in [9.17, 15) is 0 Å². The van der Waals surface area contributed by atoms with Gasteiger partial charge in [-0.15, -0.1) is 0 Å². The molecular formula is C21H45NO2. The Morgan fingerprint density at radius 3 is 1.46 bits per heavy atom. The minimum atomic E-state index is -0.648. The highest BCUT2D eigenvalue weighted by Gasteiger charge is 2.39. The van der Waals surface area contributed by atoms with Crippen LogP contribution in [-0.4, -0.2) is 22.5 Å². The Morgan fingerprint density at radius 2 is 1.08 bits per heavy atom. The van der Waals surface area contributed by atoms with E-state index in [4.69, 9.17) is 15.2 Å². The van der Waals surface area contributed by atoms with Crippen LogP contribution >= 0.6 is 0 Å². The van der Waals surface area contributed by atoms with E-state index in [0.29, 0.717) is 5.92 Å². The van der Waals surface area contributed by atoms with Crippen molar-refractivity contribution in [3.8, 4) is 0 Å². The Kier molecular flexibility index (Phi) is 7.60. The van der Waals surface area contributed by atoms with Crippen molar-refractivity contribution in [1.29, 1.82) is 0 Å². The molecule has 0 saturated heterocycles. The van der Waals surface area contributed by atoms with Gasteiger partial charge in [0, 0.05) is 6.42 Å². The molecule has 0 amide bonds. The summed E-state index contributed by atoms with van der Waals surface area (Å²) in [6.45, 7) is 25.9. The normalized spacial score (nSPS) is 17.2. The van der Waals surface area contributed by atoms with E-state index in [1.165, 1.54) is 0 Å². The Morgan fingerprint density at radius 1 is 0.667 bits per heavy atom. The summed E-state index contributed by atoms with van der Waals surface area (Å²) in [7, 11) is 0. The lowest BCUT2D eigenvalue weighted by Gasteiger charge is -2.44. The number of ether oxygens (including phenoxy) is 2. The molecule has 0 aliphatic rings. The number of nitrogens with two attached hydrogens (primary N) is 1. The minimum Gasteiger partial charge on any atom is -0.370 e. The second-order valence-corrected chi connectivity index (χ2v) is 11.3. The predicted molar refractivity (Wildman–Crippen MR) is 105 cm³/mol. The van der Waals surface area contributed by atoms with Crippen LogP contribution in [0.15, 0.2) is 0 Å². The summed E-state index contributed by atoms with van der Waals surface area (Å²) in [5, 5.41) is 0. The van der Waals surface area contributed by atoms with E-state index < -0.39 is 5.72 Å². The highest BCUT2D eigenvalue weighted by molar-refractivity contribution is 4.88. The molecule has 146 valence electrons. The van der Waals surface area contributed by atoms with Gasteiger partial charge in [-0.25, -0.2) is 0 Å². The minimum absolute atomic E-state index is 0.130. The van der Waals surface area contributed by atoms with Gasteiger partial charge in [-0.2, -0.15) is 0 Å². The Balaban J connectivity index is 4.94. The highest BCUT2D eigenvalue weighted by Crippen LogP contribution is 2.36. The molecule has 0 spiro atoms. The summed E-state index contributed by atoms with van der Waals surface area (Å²) < 4.78 is 12.8. The molecule has 0 aromatic carbocycles. The molecule has 3 heteroatoms. The van der Waals surface area contributed by atoms with Crippen LogP contribution in [0.3, 0.4) is 0 Å². The molecule has 0 rings (SSSR count). The van der Waals surface area contributed by atoms with E-state index in [0.717, 1.165) is 19.3 Å². The van der Waals surface area contributed by atoms with Crippen molar-refractivity contribution in [2.75, 3.05) is 0 Å². The topological polar surface area (TPSA) is 44.5 Å². The molecule has 0 radical (unpaired) electrons. The fraction of sp³-hybridized carbons (Fsp3) is 1.00. The molecule has 0 bridgehead atoms. The van der Waals surface area contributed by atoms with Gasteiger partial charge in [0.2, 0.25) is 0 Å². The Labute approximate surface area is 152 Å². The summed E-state index contributed by atoms with van der Waals surface area (Å²) in [5.41, 5.74) is 5.14. The second-order valence-electron chi connectivity index (χ2n) is 11.3. The third-order valence-corrected chi connectivity index (χ3v) is 3.69. The van der Waals surface area contributed by atoms with Gasteiger partial charge >= 0.3 is 0 Å². The molecule has 24 heavy (non-hydrogen) atoms. The van der Waals surface area contributed by atoms with Crippen LogP contribution in [0.5, 0.6) is 0 Å². The van der Waals surface area contributed by atoms with Gasteiger partial charge in [-0.1, -0.05) is 34.6 Å². The summed E-state index contributed by atoms with van der Waals surface area (Å²) in [6, 6.07) is 0. The zero-order valence-electron chi connectivity index (χ0n) is 18.6. The maximum atomic E-state index is 6.47. The monoisotopic (exact) mass is 343 g/mol. The lowest BCUT2D eigenvalue weighted by Crippen LogP contribution is -2.51. The summed E-state index contributed by atoms with van der Waals surface area (Å²) >= 11 is 0. The average Bonchev–Trinajstić information content (AvgIpc) is 2.00. The maximum absolute atomic E-state index is 6.47. The lowest BCUT2D eigenvalue weighted by molar-refractivity contribution is -0.195. The highest BCUT2D eigenvalue weighted by atomic mass is 16.5. The number of rotatable bonds is 9. The van der Waals surface area contributed by atoms with Crippen molar-refractivity contribution in [3.63, 3.8) is 0 Å². The lowest BCUT2D eigenvalue weighted by atomic mass is 9.85. The predicted octanol–water partition coefficient (Wildman–Crippen LogP) is 5.90. The molecule has 0 aliphatic heterocycles. The second kappa shape index (κ2) is 7.63. The third-order valence-electron chi connectivity index (χ3n) is 3.69. The maximum Gasteiger partial charge on any atom is 0.115 e. The van der Waals surface area contributed by atoms with Gasteiger partial charge in [0.05, 0.1) is 16.8 Å². The molecule has 0 aromatic heterocycles. The first-order valence-electron chi connectivity index (χ1n) is 9.44. The summed E-state index contributed by atoms with van der Waals surface area (Å²) in [5.74, 6) is 0.610. The van der Waals surface area contributed by atoms with Crippen molar-refractivity contribution in [3.05, 3.63) is 0 Å². The molecule has 0 heterocycles. The van der Waals surface area contributed by atoms with Crippen LogP contribution in [-0.2, 0) is 9.47 Å². The van der Waals surface area contributed by atoms with Gasteiger partial charge in [-0.3, -0.25) is 0 Å². The van der Waals surface area contributed by atoms with Crippen LogP contribution in [0.2, 0.25) is 0 Å². The van der Waals surface area contributed by atoms with E-state index >= 15 is 0 Å². The average molecular weight is 344 g/mol. The van der Waals surface area contributed by atoms with E-state index in [1.807, 2.05) is 6.92 Å². The van der Waals surface area contributed by atoms with Crippen LogP contribution in [0.25, 0.3) is 0 Å². The molecule has 0 saturated carbocycles. The van der Waals surface area contributed by atoms with Crippen molar-refractivity contribution < 1.29 is 9.47 Å². The fourth-order valence-corrected chi connectivity index (χ4v) is 4.59. The smallest absolute Gasteiger partial charge is 0.115 e. The quantitative estimate of drug-likeness (QED) is 0.530.